The molecular weight excluding hydrogens is 733 g/mol. The van der Waals surface area contributed by atoms with Crippen molar-refractivity contribution in [1.29, 1.82) is 0 Å². The van der Waals surface area contributed by atoms with Crippen LogP contribution in [0.5, 0.6) is 0 Å². The van der Waals surface area contributed by atoms with Crippen molar-refractivity contribution in [3.8, 4) is 0 Å². The standard InChI is InChI=1S/C43H40N4O6S2/c1-4-53-43(52)37-34-21-22-47(28(3)48)26-36(34)55-42(37)46-41(51)38(30-15-7-5-8-16-30)54-33-20-12-19-32(25-33)44-40(50)35(24-29-14-11-13-27(2)23-29)45-39(49)31-17-9-6-10-18-31/h5-20,23-25,38H,4,21-22,26H2,1-3H3,(H,44,50)(H,45,49)(H,46,51)/b35-24+. The molecule has 280 valence electrons. The van der Waals surface area contributed by atoms with Crippen molar-refractivity contribution in [2.45, 2.75) is 43.9 Å². The van der Waals surface area contributed by atoms with Crippen molar-refractivity contribution in [3.05, 3.63) is 153 Å². The number of hydrogen-bond donors (Lipinski definition) is 3. The Labute approximate surface area is 328 Å². The van der Waals surface area contributed by atoms with Gasteiger partial charge in [-0.05, 0) is 73.4 Å². The SMILES string of the molecule is CCOC(=O)c1c(NC(=O)C(Sc2cccc(NC(=O)/C(=C\c3cccc(C)c3)NC(=O)c3ccccc3)c2)c2ccccc2)sc2c1CCN(C(C)=O)C2. The minimum absolute atomic E-state index is 0.0570. The van der Waals surface area contributed by atoms with E-state index in [0.29, 0.717) is 46.2 Å². The molecule has 0 aliphatic carbocycles. The zero-order valence-electron chi connectivity index (χ0n) is 30.6. The van der Waals surface area contributed by atoms with Crippen molar-refractivity contribution < 1.29 is 28.7 Å². The molecule has 5 aromatic rings. The number of thioether (sulfide) groups is 1. The Balaban J connectivity index is 1.26. The van der Waals surface area contributed by atoms with Crippen LogP contribution in [0.15, 0.2) is 120 Å². The molecule has 55 heavy (non-hydrogen) atoms. The van der Waals surface area contributed by atoms with Crippen molar-refractivity contribution >= 4 is 69.5 Å². The molecule has 0 fully saturated rings. The second-order valence-electron chi connectivity index (χ2n) is 12.8. The highest BCUT2D eigenvalue weighted by molar-refractivity contribution is 8.00. The number of nitrogens with one attached hydrogen (secondary N) is 3. The number of fused-ring (bicyclic) bond motifs is 1. The smallest absolute Gasteiger partial charge is 0.341 e. The minimum atomic E-state index is -0.753. The second kappa shape index (κ2) is 17.9. The Morgan fingerprint density at radius 2 is 1.62 bits per heavy atom. The molecule has 6 rings (SSSR count). The van der Waals surface area contributed by atoms with Gasteiger partial charge in [-0.2, -0.15) is 0 Å². The van der Waals surface area contributed by atoms with E-state index in [2.05, 4.69) is 16.0 Å². The maximum Gasteiger partial charge on any atom is 0.341 e. The lowest BCUT2D eigenvalue weighted by Crippen LogP contribution is -2.34. The number of rotatable bonds is 12. The van der Waals surface area contributed by atoms with Gasteiger partial charge in [0.15, 0.2) is 0 Å². The molecule has 1 aromatic heterocycles. The van der Waals surface area contributed by atoms with Gasteiger partial charge in [-0.25, -0.2) is 4.79 Å². The third-order valence-electron chi connectivity index (χ3n) is 8.79. The van der Waals surface area contributed by atoms with Gasteiger partial charge in [0.2, 0.25) is 11.8 Å². The van der Waals surface area contributed by atoms with E-state index in [1.54, 1.807) is 60.4 Å². The van der Waals surface area contributed by atoms with E-state index >= 15 is 0 Å². The van der Waals surface area contributed by atoms with E-state index in [1.807, 2.05) is 73.7 Å². The summed E-state index contributed by atoms with van der Waals surface area (Å²) >= 11 is 2.56. The van der Waals surface area contributed by atoms with Gasteiger partial charge in [-0.1, -0.05) is 84.4 Å². The number of hydrogen-bond acceptors (Lipinski definition) is 8. The number of carbonyl (C=O) groups excluding carboxylic acids is 5. The van der Waals surface area contributed by atoms with Gasteiger partial charge >= 0.3 is 5.97 Å². The molecule has 1 aliphatic rings. The number of esters is 1. The molecule has 0 bridgehead atoms. The van der Waals surface area contributed by atoms with Crippen LogP contribution in [-0.4, -0.2) is 47.6 Å². The first-order valence-corrected chi connectivity index (χ1v) is 19.4. The number of thiophene rings is 1. The summed E-state index contributed by atoms with van der Waals surface area (Å²) in [6.45, 7) is 6.19. The number of carbonyl (C=O) groups is 5. The number of aryl methyl sites for hydroxylation is 1. The lowest BCUT2D eigenvalue weighted by Gasteiger charge is -2.25. The summed E-state index contributed by atoms with van der Waals surface area (Å²) in [5.74, 6) is -1.89. The maximum absolute atomic E-state index is 14.2. The molecule has 10 nitrogen and oxygen atoms in total. The van der Waals surface area contributed by atoms with Crippen molar-refractivity contribution in [1.82, 2.24) is 10.2 Å². The summed E-state index contributed by atoms with van der Waals surface area (Å²) in [5, 5.41) is 8.34. The number of amides is 4. The summed E-state index contributed by atoms with van der Waals surface area (Å²) in [4.78, 5) is 69.8. The molecule has 4 aromatic carbocycles. The van der Waals surface area contributed by atoms with Gasteiger partial charge in [0, 0.05) is 34.5 Å². The number of ether oxygens (including phenoxy) is 1. The Kier molecular flexibility index (Phi) is 12.6. The van der Waals surface area contributed by atoms with Crippen molar-refractivity contribution in [2.75, 3.05) is 23.8 Å². The van der Waals surface area contributed by atoms with Crippen LogP contribution in [0, 0.1) is 6.92 Å². The van der Waals surface area contributed by atoms with Gasteiger partial charge < -0.3 is 25.6 Å². The third kappa shape index (κ3) is 9.77. The Bertz CT molecular complexity index is 2250. The zero-order valence-corrected chi connectivity index (χ0v) is 32.2. The monoisotopic (exact) mass is 772 g/mol. The van der Waals surface area contributed by atoms with E-state index in [1.165, 1.54) is 30.0 Å². The molecule has 1 unspecified atom stereocenters. The lowest BCUT2D eigenvalue weighted by atomic mass is 10.0. The highest BCUT2D eigenvalue weighted by Gasteiger charge is 2.32. The molecular formula is C43H40N4O6S2. The average molecular weight is 773 g/mol. The quantitative estimate of drug-likeness (QED) is 0.0665. The van der Waals surface area contributed by atoms with Gasteiger partial charge in [-0.15, -0.1) is 23.1 Å². The molecule has 1 aliphatic heterocycles. The van der Waals surface area contributed by atoms with Crippen LogP contribution < -0.4 is 16.0 Å². The molecule has 2 heterocycles. The number of nitrogens with zero attached hydrogens (tertiary/aromatic N) is 1. The molecule has 1 atom stereocenters. The largest absolute Gasteiger partial charge is 0.462 e. The first-order valence-electron chi connectivity index (χ1n) is 17.8. The summed E-state index contributed by atoms with van der Waals surface area (Å²) in [7, 11) is 0. The fraction of sp³-hybridized carbons (Fsp3) is 0.186. The van der Waals surface area contributed by atoms with Gasteiger partial charge in [-0.3, -0.25) is 19.2 Å². The molecule has 0 saturated carbocycles. The third-order valence-corrected chi connectivity index (χ3v) is 11.2. The van der Waals surface area contributed by atoms with Crippen LogP contribution in [0.1, 0.15) is 66.9 Å². The Morgan fingerprint density at radius 3 is 2.33 bits per heavy atom. The Morgan fingerprint density at radius 1 is 0.891 bits per heavy atom. The van der Waals surface area contributed by atoms with Crippen LogP contribution in [0.2, 0.25) is 0 Å². The van der Waals surface area contributed by atoms with Crippen LogP contribution >= 0.6 is 23.1 Å². The predicted molar refractivity (Wildman–Crippen MR) is 217 cm³/mol. The van der Waals surface area contributed by atoms with Gasteiger partial charge in [0.1, 0.15) is 15.9 Å². The highest BCUT2D eigenvalue weighted by Crippen LogP contribution is 2.41. The van der Waals surface area contributed by atoms with E-state index in [0.717, 1.165) is 27.1 Å². The van der Waals surface area contributed by atoms with Crippen molar-refractivity contribution in [3.63, 3.8) is 0 Å². The van der Waals surface area contributed by atoms with Crippen LogP contribution in [0.25, 0.3) is 6.08 Å². The van der Waals surface area contributed by atoms with Crippen LogP contribution in [-0.2, 0) is 32.1 Å². The molecule has 0 saturated heterocycles. The molecule has 0 radical (unpaired) electrons. The molecule has 3 N–H and O–H groups in total. The summed E-state index contributed by atoms with van der Waals surface area (Å²) in [5.41, 5.74) is 4.51. The average Bonchev–Trinajstić information content (AvgIpc) is 3.54. The zero-order chi connectivity index (χ0) is 38.9. The normalized spacial score (nSPS) is 12.9. The van der Waals surface area contributed by atoms with Gasteiger partial charge in [0.25, 0.3) is 11.8 Å². The maximum atomic E-state index is 14.2. The lowest BCUT2D eigenvalue weighted by molar-refractivity contribution is -0.129. The van der Waals surface area contributed by atoms with E-state index in [9.17, 15) is 24.0 Å². The predicted octanol–water partition coefficient (Wildman–Crippen LogP) is 8.02. The second-order valence-corrected chi connectivity index (χ2v) is 15.1. The fourth-order valence-corrected chi connectivity index (χ4v) is 8.45. The van der Waals surface area contributed by atoms with Gasteiger partial charge in [0.05, 0.1) is 18.7 Å². The first kappa shape index (κ1) is 38.7. The van der Waals surface area contributed by atoms with E-state index < -0.39 is 23.0 Å². The highest BCUT2D eigenvalue weighted by atomic mass is 32.2. The molecule has 4 amide bonds. The van der Waals surface area contributed by atoms with Crippen LogP contribution in [0.3, 0.4) is 0 Å². The number of benzene rings is 4. The molecule has 12 heteroatoms. The topological polar surface area (TPSA) is 134 Å². The minimum Gasteiger partial charge on any atom is -0.462 e. The summed E-state index contributed by atoms with van der Waals surface area (Å²) < 4.78 is 5.40. The summed E-state index contributed by atoms with van der Waals surface area (Å²) in [6, 6.07) is 32.6. The van der Waals surface area contributed by atoms with E-state index in [-0.39, 0.29) is 24.1 Å². The van der Waals surface area contributed by atoms with E-state index in [4.69, 9.17) is 4.74 Å². The molecule has 0 spiro atoms. The number of anilines is 2. The Hall–Kier alpha value is -5.98. The van der Waals surface area contributed by atoms with Crippen LogP contribution in [0.4, 0.5) is 10.7 Å². The first-order chi connectivity index (χ1) is 26.6. The van der Waals surface area contributed by atoms with Crippen molar-refractivity contribution in [2.24, 2.45) is 0 Å². The fourth-order valence-electron chi connectivity index (χ4n) is 6.11. The summed E-state index contributed by atoms with van der Waals surface area (Å²) in [6.07, 6.45) is 2.10.